The number of rotatable bonds is 8. The first kappa shape index (κ1) is 20.8. The van der Waals surface area contributed by atoms with Crippen molar-refractivity contribution < 1.29 is 30.9 Å². The molecule has 1 nitrogen and oxygen atoms in total. The summed E-state index contributed by atoms with van der Waals surface area (Å²) in [6.45, 7) is 0.215. The van der Waals surface area contributed by atoms with Gasteiger partial charge in [0.2, 0.25) is 0 Å². The molecule has 3 aromatic rings. The van der Waals surface area contributed by atoms with E-state index in [1.54, 1.807) is 0 Å². The fourth-order valence-corrected chi connectivity index (χ4v) is 3.78. The van der Waals surface area contributed by atoms with E-state index in [-0.39, 0.29) is 37.9 Å². The molecule has 3 aromatic carbocycles. The van der Waals surface area contributed by atoms with Gasteiger partial charge in [-0.15, -0.1) is 0 Å². The van der Waals surface area contributed by atoms with Crippen molar-refractivity contribution in [3.05, 3.63) is 108 Å². The van der Waals surface area contributed by atoms with Gasteiger partial charge in [0.1, 0.15) is 0 Å². The summed E-state index contributed by atoms with van der Waals surface area (Å²) in [6, 6.07) is 32.0. The molecule has 0 heterocycles. The summed E-state index contributed by atoms with van der Waals surface area (Å²) in [4.78, 5) is 0. The van der Waals surface area contributed by atoms with Crippen LogP contribution in [0.25, 0.3) is 0 Å². The average Bonchev–Trinajstić information content (AvgIpc) is 2.64. The topological polar surface area (TPSA) is 20.2 Å². The molecule has 0 bridgehead atoms. The molecule has 132 valence electrons. The molecular formula is C24H26HfO. The summed E-state index contributed by atoms with van der Waals surface area (Å²) in [6.07, 6.45) is 3.71. The molecule has 0 amide bonds. The number of hydrogen-bond donors (Lipinski definition) is 1. The minimum atomic E-state index is 0. The number of benzene rings is 3. The van der Waals surface area contributed by atoms with Crippen LogP contribution in [-0.2, 0) is 45.1 Å². The zero-order valence-electron chi connectivity index (χ0n) is 15.1. The Morgan fingerprint density at radius 1 is 0.538 bits per heavy atom. The summed E-state index contributed by atoms with van der Waals surface area (Å²) >= 11 is 0. The zero-order chi connectivity index (χ0) is 17.4. The Hall–Kier alpha value is -1.51. The first-order chi connectivity index (χ1) is 12.3. The van der Waals surface area contributed by atoms with Crippen molar-refractivity contribution in [2.75, 3.05) is 6.61 Å². The molecule has 0 aromatic heterocycles. The molecule has 26 heavy (non-hydrogen) atoms. The Labute approximate surface area is 175 Å². The van der Waals surface area contributed by atoms with Crippen molar-refractivity contribution in [3.63, 3.8) is 0 Å². The maximum atomic E-state index is 9.84. The van der Waals surface area contributed by atoms with E-state index in [0.29, 0.717) is 0 Å². The van der Waals surface area contributed by atoms with Crippen molar-refractivity contribution in [2.24, 2.45) is 5.41 Å². The molecule has 0 unspecified atom stereocenters. The van der Waals surface area contributed by atoms with Gasteiger partial charge in [-0.3, -0.25) is 0 Å². The molecule has 0 saturated carbocycles. The summed E-state index contributed by atoms with van der Waals surface area (Å²) in [5.74, 6) is 0. The monoisotopic (exact) mass is 510 g/mol. The molecule has 0 atom stereocenters. The first-order valence-electron chi connectivity index (χ1n) is 9.02. The number of aliphatic hydroxyl groups excluding tert-OH is 1. The van der Waals surface area contributed by atoms with Gasteiger partial charge < -0.3 is 5.11 Å². The van der Waals surface area contributed by atoms with Crippen LogP contribution in [0.3, 0.4) is 0 Å². The third-order valence-electron chi connectivity index (χ3n) is 4.91. The standard InChI is InChI=1S/C24H26O.Hf/c25-17-16-24(18-21-10-4-1-5-11-21,19-22-12-6-2-7-13-22)20-23-14-8-3-9-15-23;/h1-15,25H,16-20H2;. The third kappa shape index (κ3) is 6.03. The summed E-state index contributed by atoms with van der Waals surface area (Å²) in [5.41, 5.74) is 4.02. The zero-order valence-corrected chi connectivity index (χ0v) is 18.7. The Morgan fingerprint density at radius 3 is 1.12 bits per heavy atom. The Balaban J connectivity index is 0.00000243. The van der Waals surface area contributed by atoms with Crippen molar-refractivity contribution in [3.8, 4) is 0 Å². The second-order valence-corrected chi connectivity index (χ2v) is 6.96. The molecule has 0 aliphatic heterocycles. The molecule has 2 heteroatoms. The maximum absolute atomic E-state index is 9.84. The second kappa shape index (κ2) is 10.6. The molecule has 0 aliphatic rings. The van der Waals surface area contributed by atoms with Crippen molar-refractivity contribution in [1.29, 1.82) is 0 Å². The SMILES string of the molecule is OCCC(Cc1ccccc1)(Cc1ccccc1)Cc1ccccc1.[Hf]. The van der Waals surface area contributed by atoms with Gasteiger partial charge in [0.05, 0.1) is 0 Å². The van der Waals surface area contributed by atoms with Crippen molar-refractivity contribution in [1.82, 2.24) is 0 Å². The second-order valence-electron chi connectivity index (χ2n) is 6.96. The van der Waals surface area contributed by atoms with Gasteiger partial charge in [0, 0.05) is 32.5 Å². The van der Waals surface area contributed by atoms with Crippen molar-refractivity contribution in [2.45, 2.75) is 25.7 Å². The van der Waals surface area contributed by atoms with Crippen LogP contribution in [0, 0.1) is 5.41 Å². The quantitative estimate of drug-likeness (QED) is 0.421. The fourth-order valence-electron chi connectivity index (χ4n) is 3.78. The molecule has 0 radical (unpaired) electrons. The van der Waals surface area contributed by atoms with E-state index in [4.69, 9.17) is 0 Å². The van der Waals surface area contributed by atoms with Gasteiger partial charge >= 0.3 is 0 Å². The normalized spacial score (nSPS) is 11.0. The van der Waals surface area contributed by atoms with E-state index < -0.39 is 0 Å². The first-order valence-corrected chi connectivity index (χ1v) is 9.02. The van der Waals surface area contributed by atoms with Gasteiger partial charge in [-0.2, -0.15) is 0 Å². The van der Waals surface area contributed by atoms with E-state index in [1.165, 1.54) is 16.7 Å². The third-order valence-corrected chi connectivity index (χ3v) is 4.91. The van der Waals surface area contributed by atoms with E-state index in [9.17, 15) is 5.11 Å². The number of aliphatic hydroxyl groups is 1. The van der Waals surface area contributed by atoms with E-state index in [1.807, 2.05) is 0 Å². The Kier molecular flexibility index (Phi) is 8.47. The van der Waals surface area contributed by atoms with Crippen LogP contribution in [0.1, 0.15) is 23.1 Å². The number of hydrogen-bond acceptors (Lipinski definition) is 1. The van der Waals surface area contributed by atoms with Gasteiger partial charge in [-0.1, -0.05) is 91.0 Å². The van der Waals surface area contributed by atoms with E-state index >= 15 is 0 Å². The van der Waals surface area contributed by atoms with Crippen LogP contribution >= 0.6 is 0 Å². The van der Waals surface area contributed by atoms with Crippen LogP contribution in [0.4, 0.5) is 0 Å². The van der Waals surface area contributed by atoms with Gasteiger partial charge in [0.25, 0.3) is 0 Å². The summed E-state index contributed by atoms with van der Waals surface area (Å²) in [5, 5.41) is 9.84. The van der Waals surface area contributed by atoms with Crippen LogP contribution in [0.15, 0.2) is 91.0 Å². The molecular weight excluding hydrogens is 483 g/mol. The molecule has 0 aliphatic carbocycles. The predicted molar refractivity (Wildman–Crippen MR) is 105 cm³/mol. The van der Waals surface area contributed by atoms with Crippen molar-refractivity contribution >= 4 is 0 Å². The molecule has 3 rings (SSSR count). The largest absolute Gasteiger partial charge is 0.396 e. The van der Waals surface area contributed by atoms with Crippen LogP contribution in [0.2, 0.25) is 0 Å². The molecule has 1 N–H and O–H groups in total. The van der Waals surface area contributed by atoms with Gasteiger partial charge in [-0.25, -0.2) is 0 Å². The molecule has 0 saturated heterocycles. The maximum Gasteiger partial charge on any atom is 0.0436 e. The van der Waals surface area contributed by atoms with Crippen LogP contribution < -0.4 is 0 Å². The smallest absolute Gasteiger partial charge is 0.0436 e. The van der Waals surface area contributed by atoms with Gasteiger partial charge in [-0.05, 0) is 47.8 Å². The summed E-state index contributed by atoms with van der Waals surface area (Å²) < 4.78 is 0. The van der Waals surface area contributed by atoms with Crippen LogP contribution in [-0.4, -0.2) is 11.7 Å². The Morgan fingerprint density at radius 2 is 0.846 bits per heavy atom. The summed E-state index contributed by atoms with van der Waals surface area (Å²) in [7, 11) is 0. The average molecular weight is 509 g/mol. The van der Waals surface area contributed by atoms with Gasteiger partial charge in [0.15, 0.2) is 0 Å². The minimum absolute atomic E-state index is 0. The van der Waals surface area contributed by atoms with E-state index in [0.717, 1.165) is 25.7 Å². The predicted octanol–water partition coefficient (Wildman–Crippen LogP) is 5.08. The molecule has 0 spiro atoms. The van der Waals surface area contributed by atoms with Crippen LogP contribution in [0.5, 0.6) is 0 Å². The minimum Gasteiger partial charge on any atom is -0.396 e. The molecule has 0 fully saturated rings. The Bertz CT molecular complexity index is 640. The van der Waals surface area contributed by atoms with E-state index in [2.05, 4.69) is 91.0 Å². The fraction of sp³-hybridized carbons (Fsp3) is 0.250.